The van der Waals surface area contributed by atoms with Crippen molar-refractivity contribution in [2.24, 2.45) is 5.73 Å². The molecule has 3 N–H and O–H groups in total. The van der Waals surface area contributed by atoms with Gasteiger partial charge < -0.3 is 10.5 Å². The summed E-state index contributed by atoms with van der Waals surface area (Å²) in [7, 11) is -3.71. The summed E-state index contributed by atoms with van der Waals surface area (Å²) in [6.45, 7) is 5.11. The van der Waals surface area contributed by atoms with Gasteiger partial charge in [0.1, 0.15) is 5.60 Å². The molecule has 2 aromatic rings. The Balaban J connectivity index is 2.01. The fraction of sp³-hybridized carbons (Fsp3) is 0.389. The smallest absolute Gasteiger partial charge is 0.419 e. The van der Waals surface area contributed by atoms with Crippen molar-refractivity contribution in [2.75, 3.05) is 0 Å². The van der Waals surface area contributed by atoms with E-state index in [1.54, 1.807) is 20.8 Å². The van der Waals surface area contributed by atoms with Gasteiger partial charge in [-0.1, -0.05) is 0 Å². The Labute approximate surface area is 161 Å². The Kier molecular flexibility index (Phi) is 4.70. The lowest BCUT2D eigenvalue weighted by atomic mass is 10.1. The number of carbonyl (C=O) groups excluding carboxylic acids is 3. The van der Waals surface area contributed by atoms with Crippen molar-refractivity contribution >= 4 is 38.8 Å². The number of sulfonamides is 1. The second kappa shape index (κ2) is 6.62. The number of hydrogen-bond donors (Lipinski definition) is 2. The average molecular weight is 407 g/mol. The molecular formula is C18H21N3O6S. The molecule has 1 heterocycles. The highest BCUT2D eigenvalue weighted by molar-refractivity contribution is 7.91. The van der Waals surface area contributed by atoms with E-state index in [1.165, 1.54) is 24.4 Å². The van der Waals surface area contributed by atoms with Crippen molar-refractivity contribution in [3.63, 3.8) is 0 Å². The number of nitrogens with one attached hydrogen (secondary N) is 1. The summed E-state index contributed by atoms with van der Waals surface area (Å²) in [5.74, 6) is -1.61. The first kappa shape index (κ1) is 19.9. The monoisotopic (exact) mass is 407 g/mol. The molecule has 10 heteroatoms. The lowest BCUT2D eigenvalue weighted by Crippen LogP contribution is -2.33. The van der Waals surface area contributed by atoms with Crippen LogP contribution in [0.1, 0.15) is 54.3 Å². The van der Waals surface area contributed by atoms with Crippen molar-refractivity contribution in [1.29, 1.82) is 0 Å². The van der Waals surface area contributed by atoms with E-state index in [-0.39, 0.29) is 16.5 Å². The zero-order chi connectivity index (χ0) is 20.9. The molecule has 0 radical (unpaired) electrons. The molecule has 0 saturated heterocycles. The number of amides is 2. The van der Waals surface area contributed by atoms with E-state index in [0.29, 0.717) is 18.4 Å². The van der Waals surface area contributed by atoms with E-state index >= 15 is 0 Å². The SMILES string of the molecule is CC(C)(C)OC(=O)n1cc(C(N)=O)c2cc(C(=O)NS(=O)(=O)C3CC3)ccc21. The highest BCUT2D eigenvalue weighted by atomic mass is 32.2. The number of benzene rings is 1. The van der Waals surface area contributed by atoms with Gasteiger partial charge in [-0.3, -0.25) is 14.2 Å². The molecule has 2 amide bonds. The molecule has 0 unspecified atom stereocenters. The minimum Gasteiger partial charge on any atom is -0.443 e. The van der Waals surface area contributed by atoms with Gasteiger partial charge in [-0.2, -0.15) is 0 Å². The van der Waals surface area contributed by atoms with E-state index in [4.69, 9.17) is 10.5 Å². The van der Waals surface area contributed by atoms with Gasteiger partial charge in [0.05, 0.1) is 16.3 Å². The molecule has 1 fully saturated rings. The number of fused-ring (bicyclic) bond motifs is 1. The third-order valence-corrected chi connectivity index (χ3v) is 5.94. The highest BCUT2D eigenvalue weighted by Gasteiger charge is 2.37. The normalized spacial score (nSPS) is 14.7. The third kappa shape index (κ3) is 4.01. The first-order chi connectivity index (χ1) is 12.9. The van der Waals surface area contributed by atoms with Gasteiger partial charge in [0.15, 0.2) is 0 Å². The van der Waals surface area contributed by atoms with Crippen molar-refractivity contribution in [2.45, 2.75) is 44.5 Å². The molecule has 0 bridgehead atoms. The molecule has 1 aliphatic rings. The van der Waals surface area contributed by atoms with Crippen LogP contribution in [0.3, 0.4) is 0 Å². The summed E-state index contributed by atoms with van der Waals surface area (Å²) in [5.41, 5.74) is 5.00. The Morgan fingerprint density at radius 3 is 2.39 bits per heavy atom. The molecule has 1 aliphatic carbocycles. The first-order valence-corrected chi connectivity index (χ1v) is 10.2. The second-order valence-electron chi connectivity index (χ2n) is 7.66. The fourth-order valence-corrected chi connectivity index (χ4v) is 3.98. The predicted octanol–water partition coefficient (Wildman–Crippen LogP) is 1.75. The fourth-order valence-electron chi connectivity index (χ4n) is 2.68. The maximum atomic E-state index is 12.4. The maximum absolute atomic E-state index is 12.4. The summed E-state index contributed by atoms with van der Waals surface area (Å²) in [6, 6.07) is 4.13. The Morgan fingerprint density at radius 2 is 1.86 bits per heavy atom. The number of ether oxygens (including phenoxy) is 1. The molecule has 3 rings (SSSR count). The molecule has 28 heavy (non-hydrogen) atoms. The van der Waals surface area contributed by atoms with Crippen molar-refractivity contribution in [3.05, 3.63) is 35.5 Å². The predicted molar refractivity (Wildman–Crippen MR) is 101 cm³/mol. The molecule has 1 saturated carbocycles. The molecule has 0 atom stereocenters. The average Bonchev–Trinajstić information content (AvgIpc) is 3.33. The molecule has 9 nitrogen and oxygen atoms in total. The van der Waals surface area contributed by atoms with Gasteiger partial charge in [-0.05, 0) is 51.8 Å². The molecular weight excluding hydrogens is 386 g/mol. The summed E-state index contributed by atoms with van der Waals surface area (Å²) < 4.78 is 32.4. The second-order valence-corrected chi connectivity index (χ2v) is 9.63. The zero-order valence-electron chi connectivity index (χ0n) is 15.7. The van der Waals surface area contributed by atoms with Crippen LogP contribution in [0.5, 0.6) is 0 Å². The van der Waals surface area contributed by atoms with Gasteiger partial charge in [-0.25, -0.2) is 17.9 Å². The van der Waals surface area contributed by atoms with E-state index in [1.807, 2.05) is 4.72 Å². The third-order valence-electron chi connectivity index (χ3n) is 4.12. The number of aromatic nitrogens is 1. The number of hydrogen-bond acceptors (Lipinski definition) is 6. The van der Waals surface area contributed by atoms with Crippen molar-refractivity contribution in [1.82, 2.24) is 9.29 Å². The first-order valence-electron chi connectivity index (χ1n) is 8.63. The van der Waals surface area contributed by atoms with E-state index in [2.05, 4.69) is 0 Å². The zero-order valence-corrected chi connectivity index (χ0v) is 16.5. The molecule has 1 aromatic heterocycles. The van der Waals surface area contributed by atoms with Crippen LogP contribution in [-0.4, -0.2) is 41.7 Å². The van der Waals surface area contributed by atoms with Crippen LogP contribution in [0.25, 0.3) is 10.9 Å². The van der Waals surface area contributed by atoms with Gasteiger partial charge in [0.2, 0.25) is 10.0 Å². The van der Waals surface area contributed by atoms with Crippen LogP contribution in [0.2, 0.25) is 0 Å². The van der Waals surface area contributed by atoms with E-state index < -0.39 is 38.8 Å². The van der Waals surface area contributed by atoms with Gasteiger partial charge >= 0.3 is 6.09 Å². The summed E-state index contributed by atoms with van der Waals surface area (Å²) in [6.07, 6.45) is 1.57. The van der Waals surface area contributed by atoms with Gasteiger partial charge in [0.25, 0.3) is 11.8 Å². The Bertz CT molecular complexity index is 1090. The largest absolute Gasteiger partial charge is 0.443 e. The van der Waals surface area contributed by atoms with Crippen molar-refractivity contribution in [3.8, 4) is 0 Å². The summed E-state index contributed by atoms with van der Waals surface area (Å²) in [5, 5.41) is -0.301. The lowest BCUT2D eigenvalue weighted by molar-refractivity contribution is 0.0544. The standard InChI is InChI=1S/C18H21N3O6S/c1-18(2,3)27-17(24)21-9-13(15(19)22)12-8-10(4-7-14(12)21)16(23)20-28(25,26)11-5-6-11/h4,7-9,11H,5-6H2,1-3H3,(H2,19,22)(H,20,23). The van der Waals surface area contributed by atoms with Crippen LogP contribution in [0, 0.1) is 0 Å². The van der Waals surface area contributed by atoms with E-state index in [0.717, 1.165) is 4.57 Å². The number of rotatable bonds is 4. The van der Waals surface area contributed by atoms with Crippen LogP contribution in [-0.2, 0) is 14.8 Å². The highest BCUT2D eigenvalue weighted by Crippen LogP contribution is 2.28. The van der Waals surface area contributed by atoms with Crippen molar-refractivity contribution < 1.29 is 27.5 Å². The Morgan fingerprint density at radius 1 is 1.21 bits per heavy atom. The molecule has 0 aliphatic heterocycles. The number of carbonyl (C=O) groups is 3. The van der Waals surface area contributed by atoms with Crippen LogP contribution in [0.15, 0.2) is 24.4 Å². The quantitative estimate of drug-likeness (QED) is 0.792. The number of primary amides is 1. The minimum absolute atomic E-state index is 0.0144. The topological polar surface area (TPSA) is 138 Å². The van der Waals surface area contributed by atoms with Crippen LogP contribution in [0.4, 0.5) is 4.79 Å². The van der Waals surface area contributed by atoms with Gasteiger partial charge in [0, 0.05) is 17.1 Å². The lowest BCUT2D eigenvalue weighted by Gasteiger charge is -2.19. The van der Waals surface area contributed by atoms with Gasteiger partial charge in [-0.15, -0.1) is 0 Å². The molecule has 1 aromatic carbocycles. The van der Waals surface area contributed by atoms with Crippen LogP contribution >= 0.6 is 0 Å². The number of nitrogens with two attached hydrogens (primary N) is 1. The Hall–Kier alpha value is -2.88. The minimum atomic E-state index is -3.71. The van der Waals surface area contributed by atoms with Crippen LogP contribution < -0.4 is 10.5 Å². The van der Waals surface area contributed by atoms with E-state index in [9.17, 15) is 22.8 Å². The maximum Gasteiger partial charge on any atom is 0.419 e. The summed E-state index contributed by atoms with van der Waals surface area (Å²) in [4.78, 5) is 36.6. The molecule has 150 valence electrons. The number of nitrogens with zero attached hydrogens (tertiary/aromatic N) is 1. The molecule has 0 spiro atoms. The summed E-state index contributed by atoms with van der Waals surface area (Å²) >= 11 is 0.